The minimum atomic E-state index is -0.820. The fourth-order valence-electron chi connectivity index (χ4n) is 1.22. The molecule has 0 saturated carbocycles. The maximum absolute atomic E-state index is 11.2. The van der Waals surface area contributed by atoms with E-state index in [9.17, 15) is 14.7 Å². The second-order valence-corrected chi connectivity index (χ2v) is 2.87. The first-order chi connectivity index (χ1) is 6.56. The Morgan fingerprint density at radius 3 is 2.79 bits per heavy atom. The number of aliphatic hydroxyl groups excluding tert-OH is 1. The van der Waals surface area contributed by atoms with Gasteiger partial charge in [0.2, 0.25) is 6.29 Å². The van der Waals surface area contributed by atoms with E-state index in [0.29, 0.717) is 6.61 Å². The second-order valence-electron chi connectivity index (χ2n) is 2.87. The standard InChI is InChI=1S/C9H12O5/c1-3-13-7-4-6(11)8(5(2)10)9(12)14-7/h7,11H,3-4H2,1-2H3/t7-/m0/s1. The van der Waals surface area contributed by atoms with E-state index < -0.39 is 18.0 Å². The Morgan fingerprint density at radius 2 is 2.36 bits per heavy atom. The highest BCUT2D eigenvalue weighted by atomic mass is 16.7. The molecule has 0 aromatic heterocycles. The van der Waals surface area contributed by atoms with Gasteiger partial charge in [-0.15, -0.1) is 0 Å². The third-order valence-electron chi connectivity index (χ3n) is 1.80. The molecule has 1 atom stereocenters. The smallest absolute Gasteiger partial charge is 0.347 e. The van der Waals surface area contributed by atoms with Crippen molar-refractivity contribution in [3.63, 3.8) is 0 Å². The maximum atomic E-state index is 11.2. The zero-order chi connectivity index (χ0) is 10.7. The van der Waals surface area contributed by atoms with Crippen molar-refractivity contribution in [3.8, 4) is 0 Å². The predicted molar refractivity (Wildman–Crippen MR) is 46.5 cm³/mol. The quantitative estimate of drug-likeness (QED) is 0.536. The summed E-state index contributed by atoms with van der Waals surface area (Å²) >= 11 is 0. The molecule has 0 aromatic carbocycles. The molecule has 0 amide bonds. The van der Waals surface area contributed by atoms with Gasteiger partial charge in [-0.2, -0.15) is 0 Å². The summed E-state index contributed by atoms with van der Waals surface area (Å²) < 4.78 is 9.77. The Labute approximate surface area is 81.3 Å². The summed E-state index contributed by atoms with van der Waals surface area (Å²) in [6.45, 7) is 3.32. The van der Waals surface area contributed by atoms with Crippen LogP contribution in [0.25, 0.3) is 0 Å². The van der Waals surface area contributed by atoms with Gasteiger partial charge >= 0.3 is 5.97 Å². The second kappa shape index (κ2) is 4.23. The number of cyclic esters (lactones) is 1. The summed E-state index contributed by atoms with van der Waals surface area (Å²) in [5, 5.41) is 9.38. The topological polar surface area (TPSA) is 72.8 Å². The summed E-state index contributed by atoms with van der Waals surface area (Å²) in [5.41, 5.74) is -0.277. The molecule has 0 spiro atoms. The average Bonchev–Trinajstić information content (AvgIpc) is 2.01. The van der Waals surface area contributed by atoms with Crippen molar-refractivity contribution < 1.29 is 24.2 Å². The number of hydrogen-bond donors (Lipinski definition) is 1. The SMILES string of the molecule is CCO[C@@H]1CC(O)=C(C(C)=O)C(=O)O1. The predicted octanol–water partition coefficient (Wildman–Crippen LogP) is 0.697. The van der Waals surface area contributed by atoms with Gasteiger partial charge in [-0.1, -0.05) is 0 Å². The fourth-order valence-corrected chi connectivity index (χ4v) is 1.22. The van der Waals surface area contributed by atoms with E-state index in [0.717, 1.165) is 0 Å². The summed E-state index contributed by atoms with van der Waals surface area (Å²) in [7, 11) is 0. The Bertz CT molecular complexity index is 292. The van der Waals surface area contributed by atoms with Crippen molar-refractivity contribution in [1.29, 1.82) is 0 Å². The molecule has 5 heteroatoms. The van der Waals surface area contributed by atoms with Crippen LogP contribution < -0.4 is 0 Å². The van der Waals surface area contributed by atoms with Crippen molar-refractivity contribution in [2.24, 2.45) is 0 Å². The molecule has 0 saturated heterocycles. The van der Waals surface area contributed by atoms with Gasteiger partial charge in [0.25, 0.3) is 0 Å². The van der Waals surface area contributed by atoms with Gasteiger partial charge < -0.3 is 14.6 Å². The molecule has 1 heterocycles. The Balaban J connectivity index is 2.83. The van der Waals surface area contributed by atoms with Crippen LogP contribution in [0.15, 0.2) is 11.3 Å². The summed E-state index contributed by atoms with van der Waals surface area (Å²) in [4.78, 5) is 22.1. The Kier molecular flexibility index (Phi) is 3.24. The highest BCUT2D eigenvalue weighted by molar-refractivity contribution is 6.17. The van der Waals surface area contributed by atoms with Gasteiger partial charge in [0.05, 0.1) is 6.42 Å². The van der Waals surface area contributed by atoms with Crippen LogP contribution in [0.2, 0.25) is 0 Å². The van der Waals surface area contributed by atoms with E-state index in [1.165, 1.54) is 6.92 Å². The van der Waals surface area contributed by atoms with Crippen LogP contribution in [-0.2, 0) is 19.1 Å². The van der Waals surface area contributed by atoms with Crippen LogP contribution in [-0.4, -0.2) is 29.8 Å². The molecular weight excluding hydrogens is 188 g/mol. The molecule has 1 aliphatic rings. The first-order valence-corrected chi connectivity index (χ1v) is 4.31. The van der Waals surface area contributed by atoms with E-state index in [2.05, 4.69) is 0 Å². The van der Waals surface area contributed by atoms with E-state index >= 15 is 0 Å². The molecule has 5 nitrogen and oxygen atoms in total. The third-order valence-corrected chi connectivity index (χ3v) is 1.80. The van der Waals surface area contributed by atoms with Crippen molar-refractivity contribution in [2.45, 2.75) is 26.6 Å². The van der Waals surface area contributed by atoms with Gasteiger partial charge in [-0.05, 0) is 13.8 Å². The van der Waals surface area contributed by atoms with Gasteiger partial charge in [-0.25, -0.2) is 4.79 Å². The van der Waals surface area contributed by atoms with Crippen LogP contribution in [0.4, 0.5) is 0 Å². The van der Waals surface area contributed by atoms with Crippen molar-refractivity contribution in [3.05, 3.63) is 11.3 Å². The number of rotatable bonds is 3. The van der Waals surface area contributed by atoms with Crippen LogP contribution >= 0.6 is 0 Å². The molecule has 1 rings (SSSR count). The van der Waals surface area contributed by atoms with Crippen LogP contribution in [0, 0.1) is 0 Å². The lowest BCUT2D eigenvalue weighted by molar-refractivity contribution is -0.178. The molecule has 0 unspecified atom stereocenters. The summed E-state index contributed by atoms with van der Waals surface area (Å²) in [6, 6.07) is 0. The number of aliphatic hydroxyl groups is 1. The van der Waals surface area contributed by atoms with Crippen molar-refractivity contribution in [1.82, 2.24) is 0 Å². The van der Waals surface area contributed by atoms with E-state index in [-0.39, 0.29) is 17.8 Å². The number of esters is 1. The monoisotopic (exact) mass is 200 g/mol. The molecule has 0 aromatic rings. The maximum Gasteiger partial charge on any atom is 0.347 e. The number of hydrogen-bond acceptors (Lipinski definition) is 5. The lowest BCUT2D eigenvalue weighted by Crippen LogP contribution is -2.31. The highest BCUT2D eigenvalue weighted by Gasteiger charge is 2.31. The van der Waals surface area contributed by atoms with Crippen molar-refractivity contribution in [2.75, 3.05) is 6.61 Å². The molecule has 0 aliphatic carbocycles. The first kappa shape index (κ1) is 10.7. The minimum absolute atomic E-state index is 0.0362. The summed E-state index contributed by atoms with van der Waals surface area (Å²) in [5.74, 6) is -1.57. The number of carbonyl (C=O) groups is 2. The molecule has 0 fully saturated rings. The normalized spacial score (nSPS) is 22.1. The molecule has 0 radical (unpaired) electrons. The van der Waals surface area contributed by atoms with Crippen molar-refractivity contribution >= 4 is 11.8 Å². The zero-order valence-corrected chi connectivity index (χ0v) is 8.07. The van der Waals surface area contributed by atoms with E-state index in [1.807, 2.05) is 0 Å². The summed E-state index contributed by atoms with van der Waals surface area (Å²) in [6.07, 6.45) is -0.746. The minimum Gasteiger partial charge on any atom is -0.511 e. The number of carbonyl (C=O) groups excluding carboxylic acids is 2. The van der Waals surface area contributed by atoms with Gasteiger partial charge in [-0.3, -0.25) is 4.79 Å². The van der Waals surface area contributed by atoms with Crippen LogP contribution in [0.1, 0.15) is 20.3 Å². The third kappa shape index (κ3) is 2.11. The van der Waals surface area contributed by atoms with Gasteiger partial charge in [0.1, 0.15) is 11.3 Å². The lowest BCUT2D eigenvalue weighted by Gasteiger charge is -2.22. The zero-order valence-electron chi connectivity index (χ0n) is 8.07. The molecule has 0 bridgehead atoms. The van der Waals surface area contributed by atoms with Crippen LogP contribution in [0.3, 0.4) is 0 Å². The van der Waals surface area contributed by atoms with E-state index in [1.54, 1.807) is 6.92 Å². The molecule has 14 heavy (non-hydrogen) atoms. The molecular formula is C9H12O5. The molecule has 1 N–H and O–H groups in total. The van der Waals surface area contributed by atoms with Gasteiger partial charge in [0, 0.05) is 6.61 Å². The average molecular weight is 200 g/mol. The largest absolute Gasteiger partial charge is 0.511 e. The van der Waals surface area contributed by atoms with Crippen LogP contribution in [0.5, 0.6) is 0 Å². The number of Topliss-reactive ketones (excluding diaryl/α,β-unsaturated/α-hetero) is 1. The number of ketones is 1. The Morgan fingerprint density at radius 1 is 1.71 bits per heavy atom. The van der Waals surface area contributed by atoms with Gasteiger partial charge in [0.15, 0.2) is 5.78 Å². The number of ether oxygens (including phenoxy) is 2. The fraction of sp³-hybridized carbons (Fsp3) is 0.556. The van der Waals surface area contributed by atoms with E-state index in [4.69, 9.17) is 9.47 Å². The molecule has 78 valence electrons. The first-order valence-electron chi connectivity index (χ1n) is 4.31. The lowest BCUT2D eigenvalue weighted by atomic mass is 10.1. The Hall–Kier alpha value is -1.36. The highest BCUT2D eigenvalue weighted by Crippen LogP contribution is 2.21. The molecule has 1 aliphatic heterocycles.